The molecule has 2 atom stereocenters. The number of pyridine rings is 1. The van der Waals surface area contributed by atoms with Gasteiger partial charge >= 0.3 is 11.8 Å². The van der Waals surface area contributed by atoms with Crippen molar-refractivity contribution in [3.05, 3.63) is 60.5 Å². The summed E-state index contributed by atoms with van der Waals surface area (Å²) in [4.78, 5) is 42.0. The third-order valence-electron chi connectivity index (χ3n) is 4.60. The lowest BCUT2D eigenvalue weighted by molar-refractivity contribution is -0.145. The Kier molecular flexibility index (Phi) is 7.26. The molecular formula is C21H26N4O3. The van der Waals surface area contributed by atoms with Crippen LogP contribution in [-0.4, -0.2) is 40.2 Å². The first-order valence-corrected chi connectivity index (χ1v) is 9.18. The molecule has 2 rings (SSSR count). The molecule has 7 heteroatoms. The van der Waals surface area contributed by atoms with Crippen molar-refractivity contribution in [3.63, 3.8) is 0 Å². The van der Waals surface area contributed by atoms with E-state index in [2.05, 4.69) is 16.9 Å². The van der Waals surface area contributed by atoms with E-state index >= 15 is 0 Å². The second kappa shape index (κ2) is 9.64. The fourth-order valence-electron chi connectivity index (χ4n) is 3.12. The van der Waals surface area contributed by atoms with Gasteiger partial charge in [-0.05, 0) is 37.3 Å². The summed E-state index contributed by atoms with van der Waals surface area (Å²) in [5.41, 5.74) is 6.39. The number of allylic oxidation sites excluding steroid dienone is 3. The minimum absolute atomic E-state index is 0.150. The maximum absolute atomic E-state index is 12.8. The number of nitrogens with two attached hydrogens (primary N) is 1. The van der Waals surface area contributed by atoms with Gasteiger partial charge in [0.05, 0.1) is 23.5 Å². The fourth-order valence-corrected chi connectivity index (χ4v) is 3.12. The number of piperidine rings is 1. The first kappa shape index (κ1) is 21.1. The van der Waals surface area contributed by atoms with Gasteiger partial charge < -0.3 is 16.0 Å². The summed E-state index contributed by atoms with van der Waals surface area (Å²) in [7, 11) is 0. The number of anilines is 1. The molecule has 1 aromatic heterocycles. The van der Waals surface area contributed by atoms with Gasteiger partial charge in [-0.25, -0.2) is 0 Å². The molecule has 0 saturated carbocycles. The molecule has 0 unspecified atom stereocenters. The zero-order valence-corrected chi connectivity index (χ0v) is 16.2. The average molecular weight is 382 g/mol. The Hall–Kier alpha value is -3.22. The van der Waals surface area contributed by atoms with Crippen molar-refractivity contribution in [3.8, 4) is 0 Å². The summed E-state index contributed by atoms with van der Waals surface area (Å²) in [6.07, 6.45) is 11.9. The summed E-state index contributed by atoms with van der Waals surface area (Å²) < 4.78 is 0. The maximum atomic E-state index is 12.8. The number of rotatable bonds is 5. The van der Waals surface area contributed by atoms with E-state index in [4.69, 9.17) is 5.73 Å². The Balaban J connectivity index is 2.15. The van der Waals surface area contributed by atoms with Gasteiger partial charge in [-0.3, -0.25) is 19.4 Å². The molecule has 0 aromatic carbocycles. The summed E-state index contributed by atoms with van der Waals surface area (Å²) in [5.74, 6) is -1.79. The zero-order chi connectivity index (χ0) is 20.7. The molecule has 7 nitrogen and oxygen atoms in total. The highest BCUT2D eigenvalue weighted by molar-refractivity contribution is 6.39. The monoisotopic (exact) mass is 382 g/mol. The number of nitrogens with zero attached hydrogens (tertiary/aromatic N) is 2. The number of carbonyl (C=O) groups is 3. The minimum Gasteiger partial charge on any atom is -0.366 e. The van der Waals surface area contributed by atoms with Crippen LogP contribution in [0.15, 0.2) is 54.9 Å². The molecule has 28 heavy (non-hydrogen) atoms. The first-order valence-electron chi connectivity index (χ1n) is 9.18. The van der Waals surface area contributed by atoms with E-state index in [9.17, 15) is 14.4 Å². The standard InChI is InChI=1S/C21H26N4O3/c1-4-5-6-7-15(3)18-9-8-14(2)13-25(18)21(28)20(27)24-17-10-16(19(22)26)11-23-12-17/h4-7,10-12,14,18H,3,8-9,13H2,1-2H3,(H2,22,26)(H,24,27)/b5-4-,7-6-/t14-,18-/m0/s1. The molecule has 0 radical (unpaired) electrons. The normalized spacial score (nSPS) is 19.7. The summed E-state index contributed by atoms with van der Waals surface area (Å²) in [6, 6.07) is 1.15. The van der Waals surface area contributed by atoms with Gasteiger partial charge in [0, 0.05) is 12.7 Å². The molecule has 1 saturated heterocycles. The molecule has 1 aliphatic heterocycles. The highest BCUT2D eigenvalue weighted by atomic mass is 16.2. The Bertz CT molecular complexity index is 829. The number of aromatic nitrogens is 1. The van der Waals surface area contributed by atoms with Crippen molar-refractivity contribution < 1.29 is 14.4 Å². The molecule has 1 aliphatic rings. The molecule has 0 bridgehead atoms. The van der Waals surface area contributed by atoms with E-state index < -0.39 is 17.7 Å². The van der Waals surface area contributed by atoms with E-state index in [-0.39, 0.29) is 17.3 Å². The summed E-state index contributed by atoms with van der Waals surface area (Å²) in [6.45, 7) is 8.52. The van der Waals surface area contributed by atoms with Gasteiger partial charge in [0.15, 0.2) is 0 Å². The maximum Gasteiger partial charge on any atom is 0.313 e. The third kappa shape index (κ3) is 5.39. The highest BCUT2D eigenvalue weighted by Crippen LogP contribution is 2.27. The Morgan fingerprint density at radius 3 is 2.71 bits per heavy atom. The van der Waals surface area contributed by atoms with Crippen molar-refractivity contribution in [1.29, 1.82) is 0 Å². The van der Waals surface area contributed by atoms with E-state index in [1.807, 2.05) is 38.2 Å². The Labute approximate surface area is 165 Å². The second-order valence-corrected chi connectivity index (χ2v) is 6.90. The van der Waals surface area contributed by atoms with Crippen LogP contribution in [0.4, 0.5) is 5.69 Å². The van der Waals surface area contributed by atoms with Crippen LogP contribution in [0.3, 0.4) is 0 Å². The largest absolute Gasteiger partial charge is 0.366 e. The lowest BCUT2D eigenvalue weighted by atomic mass is 9.90. The SMILES string of the molecule is C=C(/C=C\C=C/C)[C@@H]1CC[C@H](C)CN1C(=O)C(=O)Nc1cncc(C(N)=O)c1. The molecule has 3 N–H and O–H groups in total. The Morgan fingerprint density at radius 1 is 1.29 bits per heavy atom. The van der Waals surface area contributed by atoms with Crippen LogP contribution in [0.1, 0.15) is 37.0 Å². The molecular weight excluding hydrogens is 356 g/mol. The second-order valence-electron chi connectivity index (χ2n) is 6.90. The predicted molar refractivity (Wildman–Crippen MR) is 108 cm³/mol. The molecule has 2 heterocycles. The number of nitrogens with one attached hydrogen (secondary N) is 1. The van der Waals surface area contributed by atoms with E-state index in [0.717, 1.165) is 18.4 Å². The van der Waals surface area contributed by atoms with E-state index in [1.165, 1.54) is 18.5 Å². The van der Waals surface area contributed by atoms with Gasteiger partial charge in [-0.2, -0.15) is 0 Å². The molecule has 148 valence electrons. The van der Waals surface area contributed by atoms with Gasteiger partial charge in [-0.15, -0.1) is 0 Å². The van der Waals surface area contributed by atoms with Crippen molar-refractivity contribution in [2.45, 2.75) is 32.7 Å². The molecule has 1 fully saturated rings. The van der Waals surface area contributed by atoms with Crippen molar-refractivity contribution >= 4 is 23.4 Å². The van der Waals surface area contributed by atoms with Crippen LogP contribution in [0, 0.1) is 5.92 Å². The highest BCUT2D eigenvalue weighted by Gasteiger charge is 2.34. The number of hydrogen-bond donors (Lipinski definition) is 2. The van der Waals surface area contributed by atoms with Gasteiger partial charge in [0.1, 0.15) is 0 Å². The molecule has 0 spiro atoms. The topological polar surface area (TPSA) is 105 Å². The van der Waals surface area contributed by atoms with E-state index in [1.54, 1.807) is 4.90 Å². The van der Waals surface area contributed by atoms with E-state index in [0.29, 0.717) is 12.5 Å². The number of carbonyl (C=O) groups excluding carboxylic acids is 3. The number of likely N-dealkylation sites (tertiary alicyclic amines) is 1. The number of primary amides is 1. The molecule has 1 aromatic rings. The van der Waals surface area contributed by atoms with Crippen molar-refractivity contribution in [2.24, 2.45) is 11.7 Å². The quantitative estimate of drug-likeness (QED) is 0.603. The lowest BCUT2D eigenvalue weighted by Gasteiger charge is -2.38. The molecule has 0 aliphatic carbocycles. The van der Waals surface area contributed by atoms with Crippen molar-refractivity contribution in [1.82, 2.24) is 9.88 Å². The first-order chi connectivity index (χ1) is 13.3. The molecule has 3 amide bonds. The Morgan fingerprint density at radius 2 is 2.04 bits per heavy atom. The van der Waals surface area contributed by atoms with Crippen LogP contribution in [0.2, 0.25) is 0 Å². The lowest BCUT2D eigenvalue weighted by Crippen LogP contribution is -2.50. The van der Waals surface area contributed by atoms with Crippen LogP contribution in [0.5, 0.6) is 0 Å². The smallest absolute Gasteiger partial charge is 0.313 e. The predicted octanol–water partition coefficient (Wildman–Crippen LogP) is 2.43. The fraction of sp³-hybridized carbons (Fsp3) is 0.333. The zero-order valence-electron chi connectivity index (χ0n) is 16.2. The van der Waals surface area contributed by atoms with Crippen LogP contribution >= 0.6 is 0 Å². The van der Waals surface area contributed by atoms with Crippen LogP contribution < -0.4 is 11.1 Å². The number of amides is 3. The third-order valence-corrected chi connectivity index (χ3v) is 4.60. The minimum atomic E-state index is -0.784. The van der Waals surface area contributed by atoms with Gasteiger partial charge in [0.25, 0.3) is 0 Å². The van der Waals surface area contributed by atoms with Crippen LogP contribution in [-0.2, 0) is 9.59 Å². The van der Waals surface area contributed by atoms with Gasteiger partial charge in [0.2, 0.25) is 5.91 Å². The average Bonchev–Trinajstić information content (AvgIpc) is 2.67. The summed E-state index contributed by atoms with van der Waals surface area (Å²) in [5, 5.41) is 2.50. The summed E-state index contributed by atoms with van der Waals surface area (Å²) >= 11 is 0. The number of hydrogen-bond acceptors (Lipinski definition) is 4. The van der Waals surface area contributed by atoms with Gasteiger partial charge in [-0.1, -0.05) is 37.8 Å². The van der Waals surface area contributed by atoms with Crippen LogP contribution in [0.25, 0.3) is 0 Å². The van der Waals surface area contributed by atoms with Crippen molar-refractivity contribution in [2.75, 3.05) is 11.9 Å².